The highest BCUT2D eigenvalue weighted by molar-refractivity contribution is 9.10. The summed E-state index contributed by atoms with van der Waals surface area (Å²) in [5.41, 5.74) is 4.19. The molecule has 0 atom stereocenters. The molecule has 0 spiro atoms. The maximum absolute atomic E-state index is 13.0. The second kappa shape index (κ2) is 13.3. The highest BCUT2D eigenvalue weighted by Gasteiger charge is 2.23. The van der Waals surface area contributed by atoms with Crippen molar-refractivity contribution in [2.45, 2.75) is 13.2 Å². The molecule has 0 aliphatic heterocycles. The lowest BCUT2D eigenvalue weighted by Crippen LogP contribution is -2.40. The molecule has 7 nitrogen and oxygen atoms in total. The Morgan fingerprint density at radius 2 is 1.49 bits per heavy atom. The van der Waals surface area contributed by atoms with Crippen LogP contribution >= 0.6 is 39.1 Å². The highest BCUT2D eigenvalue weighted by Crippen LogP contribution is 2.24. The van der Waals surface area contributed by atoms with Crippen LogP contribution in [0.25, 0.3) is 0 Å². The van der Waals surface area contributed by atoms with Gasteiger partial charge in [-0.3, -0.25) is 4.79 Å². The van der Waals surface area contributed by atoms with Crippen molar-refractivity contribution in [3.63, 3.8) is 0 Å². The number of benzene rings is 4. The number of hydrogen-bond acceptors (Lipinski definition) is 6. The van der Waals surface area contributed by atoms with Crippen LogP contribution in [0.15, 0.2) is 101 Å². The number of nitrogens with zero attached hydrogens (tertiary/aromatic N) is 1. The molecule has 10 heteroatoms. The topological polar surface area (TPSA) is 86.2 Å². The van der Waals surface area contributed by atoms with Gasteiger partial charge in [-0.15, -0.1) is 0 Å². The molecule has 0 aliphatic carbocycles. The molecule has 0 heterocycles. The Kier molecular flexibility index (Phi) is 9.59. The molecule has 0 aromatic heterocycles. The molecule has 39 heavy (non-hydrogen) atoms. The van der Waals surface area contributed by atoms with Crippen LogP contribution in [0.2, 0.25) is 10.0 Å². The Morgan fingerprint density at radius 3 is 2.08 bits per heavy atom. The number of amides is 1. The summed E-state index contributed by atoms with van der Waals surface area (Å²) in [5.74, 6) is -0.240. The molecular formula is C29H21BrCl2N2O5. The minimum Gasteiger partial charge on any atom is -0.446 e. The predicted molar refractivity (Wildman–Crippen MR) is 154 cm³/mol. The van der Waals surface area contributed by atoms with Crippen molar-refractivity contribution in [3.8, 4) is 17.2 Å². The van der Waals surface area contributed by atoms with Crippen molar-refractivity contribution in [2.24, 2.45) is 5.10 Å². The summed E-state index contributed by atoms with van der Waals surface area (Å²) in [6, 6.07) is 25.0. The summed E-state index contributed by atoms with van der Waals surface area (Å²) in [6.07, 6.45) is -0.0472. The summed E-state index contributed by atoms with van der Waals surface area (Å²) in [6.45, 7) is 1.89. The van der Waals surface area contributed by atoms with E-state index < -0.39 is 18.2 Å². The Bertz CT molecular complexity index is 1450. The number of rotatable bonds is 9. The lowest BCUT2D eigenvalue weighted by Gasteiger charge is -2.19. The van der Waals surface area contributed by atoms with E-state index in [2.05, 4.69) is 26.5 Å². The van der Waals surface area contributed by atoms with E-state index in [1.54, 1.807) is 84.9 Å². The molecule has 4 aromatic carbocycles. The summed E-state index contributed by atoms with van der Waals surface area (Å²) in [7, 11) is 0. The van der Waals surface area contributed by atoms with Crippen molar-refractivity contribution in [1.29, 1.82) is 0 Å². The van der Waals surface area contributed by atoms with Crippen LogP contribution in [0, 0.1) is 6.92 Å². The van der Waals surface area contributed by atoms with Crippen LogP contribution in [0.5, 0.6) is 17.2 Å². The van der Waals surface area contributed by atoms with Gasteiger partial charge in [0.05, 0.1) is 11.8 Å². The third-order valence-corrected chi connectivity index (χ3v) is 6.13. The first-order chi connectivity index (χ1) is 18.8. The molecular weight excluding hydrogens is 607 g/mol. The van der Waals surface area contributed by atoms with Crippen LogP contribution in [0.1, 0.15) is 21.5 Å². The second-order valence-electron chi connectivity index (χ2n) is 8.15. The molecule has 4 rings (SSSR count). The van der Waals surface area contributed by atoms with Crippen molar-refractivity contribution < 1.29 is 23.8 Å². The fourth-order valence-corrected chi connectivity index (χ4v) is 3.90. The largest absolute Gasteiger partial charge is 0.446 e. The molecule has 0 bridgehead atoms. The molecule has 0 aliphatic rings. The quantitative estimate of drug-likeness (QED) is 0.0696. The average Bonchev–Trinajstić information content (AvgIpc) is 2.92. The molecule has 0 unspecified atom stereocenters. The SMILES string of the molecule is Cc1cccc(C(=O)Oc2ccc(Br)cc2/C=N\NC(=O)C(Oc2ccc(Cl)cc2)Oc2ccc(Cl)cc2)c1. The zero-order valence-corrected chi connectivity index (χ0v) is 23.5. The van der Waals surface area contributed by atoms with Gasteiger partial charge in [-0.05, 0) is 85.8 Å². The Morgan fingerprint density at radius 1 is 0.872 bits per heavy atom. The predicted octanol–water partition coefficient (Wildman–Crippen LogP) is 7.22. The van der Waals surface area contributed by atoms with E-state index in [9.17, 15) is 9.59 Å². The minimum absolute atomic E-state index is 0.258. The minimum atomic E-state index is -1.40. The Balaban J connectivity index is 1.49. The van der Waals surface area contributed by atoms with Crippen molar-refractivity contribution >= 4 is 57.2 Å². The van der Waals surface area contributed by atoms with Crippen molar-refractivity contribution in [3.05, 3.63) is 122 Å². The van der Waals surface area contributed by atoms with E-state index in [0.29, 0.717) is 32.7 Å². The summed E-state index contributed by atoms with van der Waals surface area (Å²) >= 11 is 15.3. The number of aryl methyl sites for hydroxylation is 1. The smallest absolute Gasteiger partial charge is 0.343 e. The van der Waals surface area contributed by atoms with Gasteiger partial charge >= 0.3 is 18.2 Å². The van der Waals surface area contributed by atoms with Gasteiger partial charge in [-0.2, -0.15) is 5.10 Å². The van der Waals surface area contributed by atoms with E-state index in [1.807, 2.05) is 13.0 Å². The molecule has 198 valence electrons. The van der Waals surface area contributed by atoms with Gasteiger partial charge in [0, 0.05) is 20.1 Å². The van der Waals surface area contributed by atoms with E-state index in [-0.39, 0.29) is 5.75 Å². The van der Waals surface area contributed by atoms with Crippen LogP contribution in [-0.2, 0) is 4.79 Å². The van der Waals surface area contributed by atoms with Gasteiger partial charge in [0.2, 0.25) is 0 Å². The number of carbonyl (C=O) groups is 2. The van der Waals surface area contributed by atoms with Crippen LogP contribution in [0.3, 0.4) is 0 Å². The first-order valence-electron chi connectivity index (χ1n) is 11.5. The van der Waals surface area contributed by atoms with Gasteiger partial charge < -0.3 is 14.2 Å². The zero-order chi connectivity index (χ0) is 27.8. The first-order valence-corrected chi connectivity index (χ1v) is 13.1. The highest BCUT2D eigenvalue weighted by atomic mass is 79.9. The summed E-state index contributed by atoms with van der Waals surface area (Å²) in [5, 5.41) is 5.06. The number of halogens is 3. The number of hydrogen-bond donors (Lipinski definition) is 1. The van der Waals surface area contributed by atoms with Crippen LogP contribution in [-0.4, -0.2) is 24.4 Å². The zero-order valence-electron chi connectivity index (χ0n) is 20.4. The normalized spacial score (nSPS) is 10.9. The third kappa shape index (κ3) is 8.32. The molecule has 4 aromatic rings. The van der Waals surface area contributed by atoms with Gasteiger partial charge in [0.1, 0.15) is 17.2 Å². The van der Waals surface area contributed by atoms with Gasteiger partial charge in [-0.25, -0.2) is 10.2 Å². The van der Waals surface area contributed by atoms with Crippen LogP contribution in [0.4, 0.5) is 0 Å². The van der Waals surface area contributed by atoms with Crippen LogP contribution < -0.4 is 19.6 Å². The molecule has 1 N–H and O–H groups in total. The lowest BCUT2D eigenvalue weighted by atomic mass is 10.1. The summed E-state index contributed by atoms with van der Waals surface area (Å²) < 4.78 is 17.8. The maximum atomic E-state index is 13.0. The molecule has 0 saturated heterocycles. The number of nitrogens with one attached hydrogen (secondary N) is 1. The van der Waals surface area contributed by atoms with Gasteiger partial charge in [0.15, 0.2) is 0 Å². The number of ether oxygens (including phenoxy) is 3. The maximum Gasteiger partial charge on any atom is 0.343 e. The first kappa shape index (κ1) is 28.2. The standard InChI is InChI=1S/C29H21BrCl2N2O5/c1-18-3-2-4-19(15-18)28(36)39-26-14-5-21(30)16-20(26)17-33-34-27(35)29(37-24-10-6-22(31)7-11-24)38-25-12-8-23(32)9-13-25/h2-17,29H,1H3,(H,34,35)/b33-17-. The number of carbonyl (C=O) groups excluding carboxylic acids is 2. The Labute approximate surface area is 243 Å². The van der Waals surface area contributed by atoms with E-state index in [1.165, 1.54) is 6.21 Å². The number of hydrazone groups is 1. The van der Waals surface area contributed by atoms with E-state index >= 15 is 0 Å². The van der Waals surface area contributed by atoms with Crippen molar-refractivity contribution in [2.75, 3.05) is 0 Å². The third-order valence-electron chi connectivity index (χ3n) is 5.13. The fraction of sp³-hybridized carbons (Fsp3) is 0.0690. The molecule has 0 fully saturated rings. The second-order valence-corrected chi connectivity index (χ2v) is 9.94. The molecule has 1 amide bonds. The molecule has 0 saturated carbocycles. The van der Waals surface area contributed by atoms with Gasteiger partial charge in [-0.1, -0.05) is 56.8 Å². The fourth-order valence-electron chi connectivity index (χ4n) is 3.27. The van der Waals surface area contributed by atoms with E-state index in [0.717, 1.165) is 10.0 Å². The monoisotopic (exact) mass is 626 g/mol. The Hall–Kier alpha value is -3.85. The van der Waals surface area contributed by atoms with Gasteiger partial charge in [0.25, 0.3) is 0 Å². The summed E-state index contributed by atoms with van der Waals surface area (Å²) in [4.78, 5) is 25.7. The lowest BCUT2D eigenvalue weighted by molar-refractivity contribution is -0.140. The number of esters is 1. The van der Waals surface area contributed by atoms with E-state index in [4.69, 9.17) is 37.4 Å². The average molecular weight is 628 g/mol. The molecule has 0 radical (unpaired) electrons. The van der Waals surface area contributed by atoms with Crippen molar-refractivity contribution in [1.82, 2.24) is 5.43 Å².